The zero-order valence-corrected chi connectivity index (χ0v) is 20.0. The molecule has 2 N–H and O–H groups in total. The van der Waals surface area contributed by atoms with E-state index in [9.17, 15) is 10.1 Å². The Balaban J connectivity index is 0.00000320. The minimum absolute atomic E-state index is 0. The van der Waals surface area contributed by atoms with E-state index in [0.29, 0.717) is 12.6 Å². The summed E-state index contributed by atoms with van der Waals surface area (Å²) in [7, 11) is 0. The molecule has 1 aliphatic carbocycles. The van der Waals surface area contributed by atoms with Gasteiger partial charge < -0.3 is 10.6 Å². The van der Waals surface area contributed by atoms with E-state index in [2.05, 4.69) is 28.7 Å². The number of nitro benzene ring substituents is 1. The Kier molecular flexibility index (Phi) is 9.54. The van der Waals surface area contributed by atoms with Crippen molar-refractivity contribution in [2.75, 3.05) is 6.54 Å². The molecule has 0 aliphatic heterocycles. The van der Waals surface area contributed by atoms with Crippen LogP contribution in [-0.4, -0.2) is 33.2 Å². The summed E-state index contributed by atoms with van der Waals surface area (Å²) in [6.45, 7) is 6.24. The van der Waals surface area contributed by atoms with Crippen LogP contribution >= 0.6 is 24.0 Å². The van der Waals surface area contributed by atoms with Crippen LogP contribution in [0.2, 0.25) is 0 Å². The van der Waals surface area contributed by atoms with Gasteiger partial charge in [0.25, 0.3) is 5.69 Å². The Hall–Kier alpha value is -2.17. The molecule has 164 valence electrons. The minimum atomic E-state index is -0.384. The van der Waals surface area contributed by atoms with Crippen molar-refractivity contribution >= 4 is 35.6 Å². The molecule has 30 heavy (non-hydrogen) atoms. The summed E-state index contributed by atoms with van der Waals surface area (Å²) < 4.78 is 2.04. The number of aliphatic imine (C=N–C) groups is 1. The second-order valence-electron chi connectivity index (χ2n) is 7.64. The van der Waals surface area contributed by atoms with Crippen LogP contribution in [0.3, 0.4) is 0 Å². The summed E-state index contributed by atoms with van der Waals surface area (Å²) in [5.74, 6) is 0.809. The highest BCUT2D eigenvalue weighted by Crippen LogP contribution is 2.17. The van der Waals surface area contributed by atoms with Gasteiger partial charge in [-0.25, -0.2) is 4.99 Å². The molecule has 0 saturated heterocycles. The molecule has 9 heteroatoms. The quantitative estimate of drug-likeness (QED) is 0.135. The van der Waals surface area contributed by atoms with E-state index >= 15 is 0 Å². The summed E-state index contributed by atoms with van der Waals surface area (Å²) in [6, 6.07) is 9.13. The molecule has 1 fully saturated rings. The van der Waals surface area contributed by atoms with Gasteiger partial charge in [-0.3, -0.25) is 14.8 Å². The molecular formula is C21H31IN6O2. The van der Waals surface area contributed by atoms with E-state index < -0.39 is 0 Å². The van der Waals surface area contributed by atoms with Crippen molar-refractivity contribution < 1.29 is 4.92 Å². The van der Waals surface area contributed by atoms with Crippen LogP contribution in [0.5, 0.6) is 0 Å². The number of hydrogen-bond acceptors (Lipinski definition) is 4. The monoisotopic (exact) mass is 526 g/mol. The van der Waals surface area contributed by atoms with Crippen LogP contribution in [0.1, 0.15) is 49.1 Å². The first kappa shape index (κ1) is 24.1. The van der Waals surface area contributed by atoms with E-state index in [4.69, 9.17) is 4.99 Å². The van der Waals surface area contributed by atoms with Crippen LogP contribution in [0.4, 0.5) is 5.69 Å². The number of nitro groups is 1. The average molecular weight is 526 g/mol. The number of hydrogen-bond donors (Lipinski definition) is 2. The lowest BCUT2D eigenvalue weighted by atomic mass is 10.2. The first-order chi connectivity index (χ1) is 14.0. The van der Waals surface area contributed by atoms with Gasteiger partial charge in [0.1, 0.15) is 0 Å². The third-order valence-electron chi connectivity index (χ3n) is 5.21. The van der Waals surface area contributed by atoms with Crippen LogP contribution in [0, 0.1) is 24.0 Å². The van der Waals surface area contributed by atoms with Gasteiger partial charge in [0.05, 0.1) is 17.2 Å². The van der Waals surface area contributed by atoms with Gasteiger partial charge in [0.15, 0.2) is 5.96 Å². The molecule has 1 aliphatic rings. The second kappa shape index (κ2) is 11.9. The standard InChI is InChI=1S/C21H30N6O2.HI/c1-16-14-17(2)26(25-16)13-5-12-22-21(24-19-6-3-4-7-19)23-15-18-8-10-20(11-9-18)27(28)29;/h8-11,14,19H,3-7,12-13,15H2,1-2H3,(H2,22,23,24);1H. The number of guanidine groups is 1. The lowest BCUT2D eigenvalue weighted by molar-refractivity contribution is -0.384. The maximum atomic E-state index is 10.8. The normalized spacial score (nSPS) is 14.4. The Morgan fingerprint density at radius 2 is 1.97 bits per heavy atom. The first-order valence-electron chi connectivity index (χ1n) is 10.3. The van der Waals surface area contributed by atoms with Crippen LogP contribution in [0.25, 0.3) is 0 Å². The highest BCUT2D eigenvalue weighted by molar-refractivity contribution is 14.0. The van der Waals surface area contributed by atoms with Gasteiger partial charge in [-0.05, 0) is 44.7 Å². The molecular weight excluding hydrogens is 495 g/mol. The predicted molar refractivity (Wildman–Crippen MR) is 129 cm³/mol. The lowest BCUT2D eigenvalue weighted by Crippen LogP contribution is -2.43. The third-order valence-corrected chi connectivity index (χ3v) is 5.21. The summed E-state index contributed by atoms with van der Waals surface area (Å²) in [4.78, 5) is 15.1. The van der Waals surface area contributed by atoms with Gasteiger partial charge >= 0.3 is 0 Å². The third kappa shape index (κ3) is 7.26. The molecule has 2 aromatic rings. The maximum absolute atomic E-state index is 10.8. The number of aryl methyl sites for hydroxylation is 3. The number of nitrogens with one attached hydrogen (secondary N) is 2. The van der Waals surface area contributed by atoms with E-state index in [1.165, 1.54) is 43.5 Å². The minimum Gasteiger partial charge on any atom is -0.356 e. The zero-order chi connectivity index (χ0) is 20.6. The number of non-ortho nitro benzene ring substituents is 1. The zero-order valence-electron chi connectivity index (χ0n) is 17.6. The molecule has 0 spiro atoms. The molecule has 1 saturated carbocycles. The molecule has 1 aromatic heterocycles. The molecule has 3 rings (SSSR count). The maximum Gasteiger partial charge on any atom is 0.269 e. The number of benzene rings is 1. The Morgan fingerprint density at radius 1 is 1.27 bits per heavy atom. The topological polar surface area (TPSA) is 97.4 Å². The summed E-state index contributed by atoms with van der Waals surface area (Å²) in [5.41, 5.74) is 3.28. The highest BCUT2D eigenvalue weighted by Gasteiger charge is 2.16. The van der Waals surface area contributed by atoms with Crippen LogP contribution < -0.4 is 10.6 Å². The SMILES string of the molecule is Cc1cc(C)n(CCCNC(=NCc2ccc([N+](=O)[O-])cc2)NC2CCCC2)n1.I. The fraction of sp³-hybridized carbons (Fsp3) is 0.524. The number of halogens is 1. The molecule has 1 heterocycles. The molecule has 0 bridgehead atoms. The van der Waals surface area contributed by atoms with Crippen molar-refractivity contribution in [3.8, 4) is 0 Å². The van der Waals surface area contributed by atoms with Crippen molar-refractivity contribution in [2.24, 2.45) is 4.99 Å². The fourth-order valence-electron chi connectivity index (χ4n) is 3.65. The number of rotatable bonds is 8. The smallest absolute Gasteiger partial charge is 0.269 e. The molecule has 0 radical (unpaired) electrons. The number of aromatic nitrogens is 2. The molecule has 8 nitrogen and oxygen atoms in total. The Labute approximate surface area is 194 Å². The summed E-state index contributed by atoms with van der Waals surface area (Å²) >= 11 is 0. The van der Waals surface area contributed by atoms with E-state index in [1.807, 2.05) is 11.6 Å². The van der Waals surface area contributed by atoms with Gasteiger partial charge in [0, 0.05) is 37.0 Å². The Morgan fingerprint density at radius 3 is 2.57 bits per heavy atom. The summed E-state index contributed by atoms with van der Waals surface area (Å²) in [6.07, 6.45) is 5.80. The highest BCUT2D eigenvalue weighted by atomic mass is 127. The van der Waals surface area contributed by atoms with E-state index in [0.717, 1.165) is 36.7 Å². The van der Waals surface area contributed by atoms with Gasteiger partial charge in [-0.1, -0.05) is 25.0 Å². The fourth-order valence-corrected chi connectivity index (χ4v) is 3.65. The van der Waals surface area contributed by atoms with E-state index in [1.54, 1.807) is 12.1 Å². The van der Waals surface area contributed by atoms with Crippen LogP contribution in [-0.2, 0) is 13.1 Å². The molecule has 0 atom stereocenters. The van der Waals surface area contributed by atoms with Crippen molar-refractivity contribution in [3.05, 3.63) is 57.4 Å². The predicted octanol–water partition coefficient (Wildman–Crippen LogP) is 4.09. The first-order valence-corrected chi connectivity index (χ1v) is 10.3. The van der Waals surface area contributed by atoms with Crippen molar-refractivity contribution in [1.82, 2.24) is 20.4 Å². The molecule has 1 aromatic carbocycles. The largest absolute Gasteiger partial charge is 0.356 e. The van der Waals surface area contributed by atoms with Crippen molar-refractivity contribution in [2.45, 2.75) is 65.1 Å². The van der Waals surface area contributed by atoms with Gasteiger partial charge in [-0.2, -0.15) is 5.10 Å². The molecule has 0 unspecified atom stereocenters. The number of nitrogens with zero attached hydrogens (tertiary/aromatic N) is 4. The van der Waals surface area contributed by atoms with Crippen molar-refractivity contribution in [1.29, 1.82) is 0 Å². The van der Waals surface area contributed by atoms with Gasteiger partial charge in [0.2, 0.25) is 0 Å². The second-order valence-corrected chi connectivity index (χ2v) is 7.64. The van der Waals surface area contributed by atoms with Gasteiger partial charge in [-0.15, -0.1) is 24.0 Å². The lowest BCUT2D eigenvalue weighted by Gasteiger charge is -2.17. The Bertz CT molecular complexity index is 844. The summed E-state index contributed by atoms with van der Waals surface area (Å²) in [5, 5.41) is 22.3. The van der Waals surface area contributed by atoms with E-state index in [-0.39, 0.29) is 34.6 Å². The van der Waals surface area contributed by atoms with Crippen molar-refractivity contribution in [3.63, 3.8) is 0 Å². The molecule has 0 amide bonds. The van der Waals surface area contributed by atoms with Crippen LogP contribution in [0.15, 0.2) is 35.3 Å². The average Bonchev–Trinajstić information content (AvgIpc) is 3.32.